The Morgan fingerprint density at radius 1 is 1.18 bits per heavy atom. The zero-order valence-corrected chi connectivity index (χ0v) is 11.3. The standard InChI is InChI=1S/C14H16BrNO/c15-12-6-4-7-13(9-12)16-10-11-5-2-1-3-8-14(11)17/h4,6-7,9-10,16H,1-3,5,8H2/b11-10+. The summed E-state index contributed by atoms with van der Waals surface area (Å²) >= 11 is 3.42. The first-order chi connectivity index (χ1) is 8.25. The number of allylic oxidation sites excluding steroid dienone is 1. The Hall–Kier alpha value is -1.09. The van der Waals surface area contributed by atoms with E-state index >= 15 is 0 Å². The predicted octanol–water partition coefficient (Wildman–Crippen LogP) is 4.28. The van der Waals surface area contributed by atoms with Crippen molar-refractivity contribution >= 4 is 27.4 Å². The van der Waals surface area contributed by atoms with E-state index in [0.717, 1.165) is 35.0 Å². The summed E-state index contributed by atoms with van der Waals surface area (Å²) in [5, 5.41) is 3.20. The summed E-state index contributed by atoms with van der Waals surface area (Å²) < 4.78 is 1.04. The molecule has 90 valence electrons. The van der Waals surface area contributed by atoms with Crippen LogP contribution in [0.3, 0.4) is 0 Å². The van der Waals surface area contributed by atoms with Crippen molar-refractivity contribution in [1.82, 2.24) is 0 Å². The number of carbonyl (C=O) groups excluding carboxylic acids is 1. The highest BCUT2D eigenvalue weighted by Crippen LogP contribution is 2.20. The molecule has 1 saturated carbocycles. The summed E-state index contributed by atoms with van der Waals surface area (Å²) in [5.41, 5.74) is 1.94. The number of rotatable bonds is 2. The van der Waals surface area contributed by atoms with Gasteiger partial charge in [0.2, 0.25) is 0 Å². The van der Waals surface area contributed by atoms with Gasteiger partial charge >= 0.3 is 0 Å². The van der Waals surface area contributed by atoms with Crippen LogP contribution < -0.4 is 5.32 Å². The molecule has 0 atom stereocenters. The lowest BCUT2D eigenvalue weighted by molar-refractivity contribution is -0.115. The fourth-order valence-electron chi connectivity index (χ4n) is 1.98. The zero-order chi connectivity index (χ0) is 12.1. The van der Waals surface area contributed by atoms with E-state index in [1.807, 2.05) is 30.5 Å². The third kappa shape index (κ3) is 3.70. The first-order valence-corrected chi connectivity index (χ1v) is 6.79. The van der Waals surface area contributed by atoms with Gasteiger partial charge in [-0.25, -0.2) is 0 Å². The van der Waals surface area contributed by atoms with Gasteiger partial charge in [-0.05, 0) is 37.5 Å². The molecule has 0 spiro atoms. The molecule has 0 aromatic heterocycles. The molecule has 1 aromatic carbocycles. The minimum atomic E-state index is 0.296. The van der Waals surface area contributed by atoms with Crippen LogP contribution in [0.1, 0.15) is 32.1 Å². The highest BCUT2D eigenvalue weighted by atomic mass is 79.9. The number of Topliss-reactive ketones (excluding diaryl/α,β-unsaturated/α-hetero) is 1. The maximum absolute atomic E-state index is 11.8. The molecule has 0 amide bonds. The highest BCUT2D eigenvalue weighted by molar-refractivity contribution is 9.10. The van der Waals surface area contributed by atoms with Crippen LogP contribution in [0.5, 0.6) is 0 Å². The summed E-state index contributed by atoms with van der Waals surface area (Å²) in [6.07, 6.45) is 6.80. The van der Waals surface area contributed by atoms with E-state index in [2.05, 4.69) is 21.2 Å². The Morgan fingerprint density at radius 3 is 2.82 bits per heavy atom. The maximum Gasteiger partial charge on any atom is 0.160 e. The number of hydrogen-bond acceptors (Lipinski definition) is 2. The van der Waals surface area contributed by atoms with Crippen molar-refractivity contribution < 1.29 is 4.79 Å². The Kier molecular flexibility index (Phi) is 4.37. The predicted molar refractivity (Wildman–Crippen MR) is 73.9 cm³/mol. The SMILES string of the molecule is O=C1CCCCC/C1=C\Nc1cccc(Br)c1. The number of benzene rings is 1. The van der Waals surface area contributed by atoms with E-state index in [1.54, 1.807) is 0 Å². The number of ketones is 1. The molecule has 0 heterocycles. The Labute approximate surface area is 110 Å². The summed E-state index contributed by atoms with van der Waals surface area (Å²) in [4.78, 5) is 11.8. The molecule has 0 radical (unpaired) electrons. The lowest BCUT2D eigenvalue weighted by atomic mass is 10.1. The molecule has 17 heavy (non-hydrogen) atoms. The van der Waals surface area contributed by atoms with Crippen LogP contribution in [0.25, 0.3) is 0 Å². The van der Waals surface area contributed by atoms with E-state index < -0.39 is 0 Å². The van der Waals surface area contributed by atoms with Crippen LogP contribution in [0.2, 0.25) is 0 Å². The topological polar surface area (TPSA) is 29.1 Å². The minimum Gasteiger partial charge on any atom is -0.361 e. The van der Waals surface area contributed by atoms with Gasteiger partial charge in [0.1, 0.15) is 0 Å². The van der Waals surface area contributed by atoms with Crippen LogP contribution >= 0.6 is 15.9 Å². The van der Waals surface area contributed by atoms with Gasteiger partial charge in [-0.1, -0.05) is 28.4 Å². The van der Waals surface area contributed by atoms with Gasteiger partial charge in [0.05, 0.1) is 0 Å². The molecule has 0 unspecified atom stereocenters. The number of nitrogens with one attached hydrogen (secondary N) is 1. The normalized spacial score (nSPS) is 19.1. The van der Waals surface area contributed by atoms with Crippen molar-refractivity contribution in [1.29, 1.82) is 0 Å². The second kappa shape index (κ2) is 6.01. The molecule has 1 N–H and O–H groups in total. The quantitative estimate of drug-likeness (QED) is 0.651. The minimum absolute atomic E-state index is 0.296. The number of hydrogen-bond donors (Lipinski definition) is 1. The average molecular weight is 294 g/mol. The van der Waals surface area contributed by atoms with Crippen molar-refractivity contribution in [3.63, 3.8) is 0 Å². The summed E-state index contributed by atoms with van der Waals surface area (Å²) in [6.45, 7) is 0. The number of carbonyl (C=O) groups is 1. The molecule has 0 bridgehead atoms. The first kappa shape index (κ1) is 12.4. The molecule has 2 rings (SSSR count). The number of anilines is 1. The fraction of sp³-hybridized carbons (Fsp3) is 0.357. The summed E-state index contributed by atoms with van der Waals surface area (Å²) in [5.74, 6) is 0.296. The third-order valence-electron chi connectivity index (χ3n) is 2.95. The van der Waals surface area contributed by atoms with Gasteiger partial charge in [0, 0.05) is 28.4 Å². The molecule has 1 aliphatic carbocycles. The molecular formula is C14H16BrNO. The Morgan fingerprint density at radius 2 is 2.00 bits per heavy atom. The lowest BCUT2D eigenvalue weighted by Crippen LogP contribution is -2.02. The lowest BCUT2D eigenvalue weighted by Gasteiger charge is -2.05. The third-order valence-corrected chi connectivity index (χ3v) is 3.44. The van der Waals surface area contributed by atoms with Crippen LogP contribution in [0.15, 0.2) is 40.5 Å². The van der Waals surface area contributed by atoms with Crippen molar-refractivity contribution in [2.24, 2.45) is 0 Å². The highest BCUT2D eigenvalue weighted by Gasteiger charge is 2.12. The molecular weight excluding hydrogens is 278 g/mol. The van der Waals surface area contributed by atoms with Gasteiger partial charge in [-0.15, -0.1) is 0 Å². The van der Waals surface area contributed by atoms with Crippen molar-refractivity contribution in [2.75, 3.05) is 5.32 Å². The summed E-state index contributed by atoms with van der Waals surface area (Å²) in [6, 6.07) is 7.94. The largest absolute Gasteiger partial charge is 0.361 e. The van der Waals surface area contributed by atoms with Crippen LogP contribution in [0, 0.1) is 0 Å². The molecule has 1 aromatic rings. The molecule has 3 heteroatoms. The maximum atomic E-state index is 11.8. The van der Waals surface area contributed by atoms with E-state index in [1.165, 1.54) is 6.42 Å². The molecule has 1 aliphatic rings. The van der Waals surface area contributed by atoms with Crippen LogP contribution in [0.4, 0.5) is 5.69 Å². The van der Waals surface area contributed by atoms with E-state index in [9.17, 15) is 4.79 Å². The monoisotopic (exact) mass is 293 g/mol. The van der Waals surface area contributed by atoms with E-state index in [4.69, 9.17) is 0 Å². The number of halogens is 1. The second-order valence-corrected chi connectivity index (χ2v) is 5.22. The second-order valence-electron chi connectivity index (χ2n) is 4.31. The van der Waals surface area contributed by atoms with Gasteiger partial charge in [0.25, 0.3) is 0 Å². The summed E-state index contributed by atoms with van der Waals surface area (Å²) in [7, 11) is 0. The van der Waals surface area contributed by atoms with Gasteiger partial charge in [-0.3, -0.25) is 4.79 Å². The Balaban J connectivity index is 2.06. The molecule has 0 aliphatic heterocycles. The van der Waals surface area contributed by atoms with E-state index in [0.29, 0.717) is 12.2 Å². The molecule has 0 saturated heterocycles. The smallest absolute Gasteiger partial charge is 0.160 e. The van der Waals surface area contributed by atoms with Crippen LogP contribution in [-0.4, -0.2) is 5.78 Å². The van der Waals surface area contributed by atoms with E-state index in [-0.39, 0.29) is 0 Å². The van der Waals surface area contributed by atoms with Crippen molar-refractivity contribution in [3.05, 3.63) is 40.5 Å². The first-order valence-electron chi connectivity index (χ1n) is 6.00. The van der Waals surface area contributed by atoms with Crippen molar-refractivity contribution in [2.45, 2.75) is 32.1 Å². The van der Waals surface area contributed by atoms with Gasteiger partial charge in [-0.2, -0.15) is 0 Å². The zero-order valence-electron chi connectivity index (χ0n) is 9.71. The molecule has 2 nitrogen and oxygen atoms in total. The van der Waals surface area contributed by atoms with Gasteiger partial charge < -0.3 is 5.32 Å². The fourth-order valence-corrected chi connectivity index (χ4v) is 2.38. The van der Waals surface area contributed by atoms with Gasteiger partial charge in [0.15, 0.2) is 5.78 Å². The Bertz CT molecular complexity index is 440. The average Bonchev–Trinajstić information content (AvgIpc) is 2.52. The van der Waals surface area contributed by atoms with Crippen LogP contribution in [-0.2, 0) is 4.79 Å². The van der Waals surface area contributed by atoms with Crippen molar-refractivity contribution in [3.8, 4) is 0 Å². The molecule has 1 fully saturated rings.